The first-order chi connectivity index (χ1) is 8.15. The highest BCUT2D eigenvalue weighted by molar-refractivity contribution is 5.73. The van der Waals surface area contributed by atoms with E-state index >= 15 is 0 Å². The van der Waals surface area contributed by atoms with E-state index in [4.69, 9.17) is 5.11 Å². The van der Waals surface area contributed by atoms with Crippen molar-refractivity contribution in [3.63, 3.8) is 0 Å². The second-order valence-corrected chi connectivity index (χ2v) is 4.75. The average molecular weight is 254 g/mol. The molecule has 0 unspecified atom stereocenters. The summed E-state index contributed by atoms with van der Waals surface area (Å²) in [5.41, 5.74) is -1.56. The Kier molecular flexibility index (Phi) is 3.54. The molecule has 0 fully saturated rings. The standard InChI is InChI=1S/C11H14N2O5/c1-7-4-9(14)12(5-8(7)13(17)18)6-11(2,3)10(15)16/h4-5H,6H2,1-3H3,(H,15,16). The third kappa shape index (κ3) is 2.73. The van der Waals surface area contributed by atoms with Gasteiger partial charge in [-0.25, -0.2) is 0 Å². The smallest absolute Gasteiger partial charge is 0.310 e. The SMILES string of the molecule is Cc1cc(=O)n(CC(C)(C)C(=O)O)cc1[N+](=O)[O-]. The van der Waals surface area contributed by atoms with Gasteiger partial charge >= 0.3 is 5.97 Å². The van der Waals surface area contributed by atoms with E-state index in [2.05, 4.69) is 0 Å². The van der Waals surface area contributed by atoms with Crippen LogP contribution in [0.5, 0.6) is 0 Å². The van der Waals surface area contributed by atoms with Crippen LogP contribution >= 0.6 is 0 Å². The fraction of sp³-hybridized carbons (Fsp3) is 0.455. The van der Waals surface area contributed by atoms with Gasteiger partial charge in [-0.05, 0) is 20.8 Å². The molecular weight excluding hydrogens is 240 g/mol. The van der Waals surface area contributed by atoms with Crippen molar-refractivity contribution in [1.29, 1.82) is 0 Å². The maximum Gasteiger partial charge on any atom is 0.310 e. The highest BCUT2D eigenvalue weighted by Gasteiger charge is 2.28. The molecule has 0 aliphatic heterocycles. The summed E-state index contributed by atoms with van der Waals surface area (Å²) in [6.45, 7) is 4.25. The van der Waals surface area contributed by atoms with E-state index in [9.17, 15) is 19.7 Å². The zero-order valence-electron chi connectivity index (χ0n) is 10.3. The second kappa shape index (κ2) is 4.59. The molecule has 1 aromatic heterocycles. The molecule has 18 heavy (non-hydrogen) atoms. The Morgan fingerprint density at radius 1 is 1.56 bits per heavy atom. The molecule has 0 saturated heterocycles. The Balaban J connectivity index is 3.26. The molecule has 0 radical (unpaired) electrons. The topological polar surface area (TPSA) is 102 Å². The van der Waals surface area contributed by atoms with E-state index < -0.39 is 21.9 Å². The van der Waals surface area contributed by atoms with Gasteiger partial charge in [0.25, 0.3) is 11.2 Å². The van der Waals surface area contributed by atoms with E-state index in [0.29, 0.717) is 0 Å². The Bertz CT molecular complexity index is 559. The highest BCUT2D eigenvalue weighted by atomic mass is 16.6. The zero-order chi connectivity index (χ0) is 14.1. The van der Waals surface area contributed by atoms with E-state index in [1.165, 1.54) is 20.8 Å². The van der Waals surface area contributed by atoms with Crippen LogP contribution in [0, 0.1) is 22.5 Å². The number of nitro groups is 1. The molecule has 0 aliphatic carbocycles. The Labute approximate surface area is 103 Å². The molecule has 98 valence electrons. The van der Waals surface area contributed by atoms with Crippen molar-refractivity contribution in [1.82, 2.24) is 4.57 Å². The van der Waals surface area contributed by atoms with Gasteiger partial charge < -0.3 is 9.67 Å². The number of hydrogen-bond donors (Lipinski definition) is 1. The maximum atomic E-state index is 11.7. The number of pyridine rings is 1. The van der Waals surface area contributed by atoms with Gasteiger partial charge in [0.05, 0.1) is 16.5 Å². The number of aryl methyl sites for hydroxylation is 1. The van der Waals surface area contributed by atoms with Crippen molar-refractivity contribution >= 4 is 11.7 Å². The zero-order valence-corrected chi connectivity index (χ0v) is 10.3. The first-order valence-corrected chi connectivity index (χ1v) is 5.24. The Hall–Kier alpha value is -2.18. The van der Waals surface area contributed by atoms with Crippen molar-refractivity contribution in [3.8, 4) is 0 Å². The van der Waals surface area contributed by atoms with E-state index in [1.807, 2.05) is 0 Å². The lowest BCUT2D eigenvalue weighted by atomic mass is 9.93. The lowest BCUT2D eigenvalue weighted by Crippen LogP contribution is -2.33. The fourth-order valence-corrected chi connectivity index (χ4v) is 1.46. The van der Waals surface area contributed by atoms with E-state index in [1.54, 1.807) is 0 Å². The van der Waals surface area contributed by atoms with Gasteiger partial charge in [0.2, 0.25) is 0 Å². The molecule has 0 spiro atoms. The van der Waals surface area contributed by atoms with Gasteiger partial charge in [0, 0.05) is 18.2 Å². The number of carboxylic acid groups (broad SMARTS) is 1. The molecule has 7 nitrogen and oxygen atoms in total. The predicted octanol–water partition coefficient (Wildman–Crippen LogP) is 1.18. The van der Waals surface area contributed by atoms with Gasteiger partial charge in [-0.3, -0.25) is 19.7 Å². The van der Waals surface area contributed by atoms with Gasteiger partial charge in [0.1, 0.15) is 0 Å². The Morgan fingerprint density at radius 2 is 2.11 bits per heavy atom. The third-order valence-corrected chi connectivity index (χ3v) is 2.65. The van der Waals surface area contributed by atoms with Gasteiger partial charge in [-0.1, -0.05) is 0 Å². The summed E-state index contributed by atoms with van der Waals surface area (Å²) >= 11 is 0. The van der Waals surface area contributed by atoms with Crippen LogP contribution < -0.4 is 5.56 Å². The number of nitrogens with zero attached hydrogens (tertiary/aromatic N) is 2. The van der Waals surface area contributed by atoms with Gasteiger partial charge in [-0.15, -0.1) is 0 Å². The fourth-order valence-electron chi connectivity index (χ4n) is 1.46. The molecule has 0 amide bonds. The molecule has 1 aromatic rings. The van der Waals surface area contributed by atoms with Crippen molar-refractivity contribution in [2.24, 2.45) is 5.41 Å². The van der Waals surface area contributed by atoms with Crippen molar-refractivity contribution in [3.05, 3.63) is 38.3 Å². The maximum absolute atomic E-state index is 11.7. The summed E-state index contributed by atoms with van der Waals surface area (Å²) in [6, 6.07) is 1.13. The van der Waals surface area contributed by atoms with Crippen molar-refractivity contribution < 1.29 is 14.8 Å². The molecular formula is C11H14N2O5. The molecule has 0 aliphatic rings. The number of aliphatic carboxylic acids is 1. The molecule has 1 N–H and O–H groups in total. The molecule has 1 rings (SSSR count). The van der Waals surface area contributed by atoms with Crippen molar-refractivity contribution in [2.75, 3.05) is 0 Å². The summed E-state index contributed by atoms with van der Waals surface area (Å²) in [5, 5.41) is 19.7. The number of aromatic nitrogens is 1. The molecule has 1 heterocycles. The molecule has 0 atom stereocenters. The predicted molar refractivity (Wildman–Crippen MR) is 63.5 cm³/mol. The third-order valence-electron chi connectivity index (χ3n) is 2.65. The van der Waals surface area contributed by atoms with E-state index in [0.717, 1.165) is 16.8 Å². The van der Waals surface area contributed by atoms with Gasteiger partial charge in [0.15, 0.2) is 0 Å². The van der Waals surface area contributed by atoms with Crippen LogP contribution in [0.4, 0.5) is 5.69 Å². The normalized spacial score (nSPS) is 11.3. The second-order valence-electron chi connectivity index (χ2n) is 4.75. The van der Waals surface area contributed by atoms with Gasteiger partial charge in [-0.2, -0.15) is 0 Å². The van der Waals surface area contributed by atoms with Crippen LogP contribution in [0.1, 0.15) is 19.4 Å². The van der Waals surface area contributed by atoms with Crippen LogP contribution in [0.3, 0.4) is 0 Å². The highest BCUT2D eigenvalue weighted by Crippen LogP contribution is 2.20. The van der Waals surface area contributed by atoms with Crippen LogP contribution in [-0.2, 0) is 11.3 Å². The Morgan fingerprint density at radius 3 is 2.56 bits per heavy atom. The summed E-state index contributed by atoms with van der Waals surface area (Å²) in [7, 11) is 0. The van der Waals surface area contributed by atoms with Crippen LogP contribution in [0.2, 0.25) is 0 Å². The molecule has 7 heteroatoms. The molecule has 0 aromatic carbocycles. The molecule has 0 bridgehead atoms. The monoisotopic (exact) mass is 254 g/mol. The van der Waals surface area contributed by atoms with Crippen LogP contribution in [0.25, 0.3) is 0 Å². The van der Waals surface area contributed by atoms with E-state index in [-0.39, 0.29) is 17.8 Å². The summed E-state index contributed by atoms with van der Waals surface area (Å²) in [4.78, 5) is 32.8. The first-order valence-electron chi connectivity index (χ1n) is 5.24. The van der Waals surface area contributed by atoms with Crippen LogP contribution in [-0.4, -0.2) is 20.6 Å². The minimum Gasteiger partial charge on any atom is -0.481 e. The largest absolute Gasteiger partial charge is 0.481 e. The van der Waals surface area contributed by atoms with Crippen molar-refractivity contribution in [2.45, 2.75) is 27.3 Å². The number of carbonyl (C=O) groups is 1. The molecule has 0 saturated carbocycles. The number of rotatable bonds is 4. The number of carboxylic acids is 1. The lowest BCUT2D eigenvalue weighted by molar-refractivity contribution is -0.386. The summed E-state index contributed by atoms with van der Waals surface area (Å²) in [6.07, 6.45) is 1.09. The number of hydrogen-bond acceptors (Lipinski definition) is 4. The quantitative estimate of drug-likeness (QED) is 0.641. The first kappa shape index (κ1) is 13.9. The minimum atomic E-state index is -1.17. The minimum absolute atomic E-state index is 0.123. The summed E-state index contributed by atoms with van der Waals surface area (Å²) < 4.78 is 1.05. The lowest BCUT2D eigenvalue weighted by Gasteiger charge is -2.20. The average Bonchev–Trinajstić information content (AvgIpc) is 2.21. The summed E-state index contributed by atoms with van der Waals surface area (Å²) in [5.74, 6) is -1.07. The van der Waals surface area contributed by atoms with Crippen LogP contribution in [0.15, 0.2) is 17.1 Å².